The lowest BCUT2D eigenvalue weighted by atomic mass is 10.1. The summed E-state index contributed by atoms with van der Waals surface area (Å²) < 4.78 is 7.63. The second-order valence-corrected chi connectivity index (χ2v) is 8.67. The summed E-state index contributed by atoms with van der Waals surface area (Å²) in [7, 11) is 0. The molecule has 2 aromatic rings. The number of thioether (sulfide) groups is 1. The molecule has 7 heteroatoms. The highest BCUT2D eigenvalue weighted by Gasteiger charge is 2.31. The van der Waals surface area contributed by atoms with Gasteiger partial charge in [-0.2, -0.15) is 0 Å². The smallest absolute Gasteiger partial charge is 0.270 e. The van der Waals surface area contributed by atoms with Gasteiger partial charge in [0.05, 0.1) is 23.2 Å². The second-order valence-electron chi connectivity index (χ2n) is 7.57. The van der Waals surface area contributed by atoms with Gasteiger partial charge in [-0.3, -0.25) is 19.4 Å². The van der Waals surface area contributed by atoms with E-state index < -0.39 is 0 Å². The van der Waals surface area contributed by atoms with Gasteiger partial charge in [0.25, 0.3) is 5.56 Å². The van der Waals surface area contributed by atoms with E-state index >= 15 is 0 Å². The van der Waals surface area contributed by atoms with Gasteiger partial charge in [-0.05, 0) is 37.5 Å². The normalized spacial score (nSPS) is 17.3. The minimum atomic E-state index is -0.197. The zero-order valence-corrected chi connectivity index (χ0v) is 18.3. The van der Waals surface area contributed by atoms with Crippen LogP contribution in [-0.2, 0) is 4.79 Å². The molecule has 1 aromatic carbocycles. The number of hydrogen-bond donors (Lipinski definition) is 2. The molecular weight excluding hydrogens is 386 g/mol. The Hall–Kier alpha value is -2.15. The molecule has 0 spiro atoms. The van der Waals surface area contributed by atoms with E-state index in [1.807, 2.05) is 28.9 Å². The van der Waals surface area contributed by atoms with Crippen LogP contribution in [0.1, 0.15) is 75.3 Å². The van der Waals surface area contributed by atoms with Crippen LogP contribution in [0.5, 0.6) is 5.75 Å². The highest BCUT2D eigenvalue weighted by Crippen LogP contribution is 2.40. The number of benzene rings is 1. The average molecular weight is 418 g/mol. The Labute approximate surface area is 176 Å². The number of ether oxygens (including phenoxy) is 1. The van der Waals surface area contributed by atoms with Gasteiger partial charge in [-0.1, -0.05) is 45.2 Å². The Morgan fingerprint density at radius 2 is 1.93 bits per heavy atom. The molecule has 2 atom stereocenters. The number of aromatic amines is 1. The van der Waals surface area contributed by atoms with Gasteiger partial charge in [0.15, 0.2) is 0 Å². The number of rotatable bonds is 9. The Kier molecular flexibility index (Phi) is 7.47. The first-order chi connectivity index (χ1) is 14.0. The van der Waals surface area contributed by atoms with Crippen molar-refractivity contribution in [1.82, 2.24) is 9.78 Å². The van der Waals surface area contributed by atoms with Crippen LogP contribution in [0, 0.1) is 0 Å². The number of hydrogen-bond acceptors (Lipinski definition) is 4. The quantitative estimate of drug-likeness (QED) is 0.570. The summed E-state index contributed by atoms with van der Waals surface area (Å²) in [6.45, 7) is 7.06. The maximum Gasteiger partial charge on any atom is 0.270 e. The summed E-state index contributed by atoms with van der Waals surface area (Å²) >= 11 is 1.48. The van der Waals surface area contributed by atoms with Crippen molar-refractivity contribution < 1.29 is 9.53 Å². The van der Waals surface area contributed by atoms with Crippen LogP contribution in [0.15, 0.2) is 29.1 Å². The molecule has 0 aliphatic carbocycles. The van der Waals surface area contributed by atoms with Crippen molar-refractivity contribution in [2.45, 2.75) is 64.2 Å². The predicted octanol–water partition coefficient (Wildman–Crippen LogP) is 4.88. The van der Waals surface area contributed by atoms with Crippen LogP contribution in [0.3, 0.4) is 0 Å². The third-order valence-electron chi connectivity index (χ3n) is 5.21. The average Bonchev–Trinajstić information content (AvgIpc) is 2.92. The lowest BCUT2D eigenvalue weighted by molar-refractivity contribution is -0.113. The van der Waals surface area contributed by atoms with Gasteiger partial charge in [0, 0.05) is 6.04 Å². The zero-order valence-electron chi connectivity index (χ0n) is 17.5. The number of amides is 1. The lowest BCUT2D eigenvalue weighted by Gasteiger charge is -2.17. The van der Waals surface area contributed by atoms with E-state index in [0.29, 0.717) is 23.7 Å². The summed E-state index contributed by atoms with van der Waals surface area (Å²) in [5.74, 6) is 1.68. The van der Waals surface area contributed by atoms with E-state index in [2.05, 4.69) is 31.2 Å². The van der Waals surface area contributed by atoms with Crippen molar-refractivity contribution in [3.63, 3.8) is 0 Å². The van der Waals surface area contributed by atoms with Crippen molar-refractivity contribution >= 4 is 23.5 Å². The Balaban J connectivity index is 1.87. The molecule has 0 saturated carbocycles. The van der Waals surface area contributed by atoms with Gasteiger partial charge in [0.1, 0.15) is 11.6 Å². The van der Waals surface area contributed by atoms with E-state index in [1.165, 1.54) is 18.2 Å². The van der Waals surface area contributed by atoms with Crippen molar-refractivity contribution in [3.05, 3.63) is 45.7 Å². The molecule has 0 unspecified atom stereocenters. The van der Waals surface area contributed by atoms with Crippen LogP contribution in [0.2, 0.25) is 0 Å². The van der Waals surface area contributed by atoms with Crippen LogP contribution in [0.25, 0.3) is 0 Å². The van der Waals surface area contributed by atoms with Crippen molar-refractivity contribution in [1.29, 1.82) is 0 Å². The first-order valence-electron chi connectivity index (χ1n) is 10.5. The maximum atomic E-state index is 12.8. The molecule has 29 heavy (non-hydrogen) atoms. The van der Waals surface area contributed by atoms with Crippen molar-refractivity contribution in [3.8, 4) is 5.75 Å². The zero-order chi connectivity index (χ0) is 20.8. The Morgan fingerprint density at radius 3 is 2.62 bits per heavy atom. The Bertz CT molecular complexity index is 872. The highest BCUT2D eigenvalue weighted by atomic mass is 32.2. The molecule has 0 radical (unpaired) electrons. The first kappa shape index (κ1) is 21.6. The third-order valence-corrected chi connectivity index (χ3v) is 6.48. The topological polar surface area (TPSA) is 76.1 Å². The Morgan fingerprint density at radius 1 is 1.17 bits per heavy atom. The fourth-order valence-corrected chi connectivity index (χ4v) is 4.79. The molecule has 2 heterocycles. The fraction of sp³-hybridized carbons (Fsp3) is 0.545. The molecule has 1 aliphatic heterocycles. The molecule has 0 fully saturated rings. The molecule has 1 amide bonds. The summed E-state index contributed by atoms with van der Waals surface area (Å²) in [6.07, 6.45) is 5.31. The molecule has 0 bridgehead atoms. The summed E-state index contributed by atoms with van der Waals surface area (Å²) in [5.41, 5.74) is 1.49. The van der Waals surface area contributed by atoms with Crippen LogP contribution < -0.4 is 15.6 Å². The van der Waals surface area contributed by atoms with Gasteiger partial charge >= 0.3 is 0 Å². The summed E-state index contributed by atoms with van der Waals surface area (Å²) in [6, 6.07) is 8.01. The number of anilines is 1. The number of aromatic nitrogens is 2. The molecular formula is C22H31N3O3S. The largest absolute Gasteiger partial charge is 0.494 e. The number of H-pyrrole nitrogens is 1. The number of fused-ring (bicyclic) bond motifs is 1. The number of nitrogens with zero attached hydrogens (tertiary/aromatic N) is 1. The minimum Gasteiger partial charge on any atom is -0.494 e. The van der Waals surface area contributed by atoms with Gasteiger partial charge in [0.2, 0.25) is 5.91 Å². The molecule has 1 aliphatic rings. The van der Waals surface area contributed by atoms with Crippen LogP contribution >= 0.6 is 11.8 Å². The molecule has 6 nitrogen and oxygen atoms in total. The molecule has 158 valence electrons. The third kappa shape index (κ3) is 5.07. The number of carbonyl (C=O) groups excluding carboxylic acids is 1. The second kappa shape index (κ2) is 10.1. The molecule has 1 aromatic heterocycles. The number of unbranched alkanes of at least 4 members (excludes halogenated alkanes) is 2. The van der Waals surface area contributed by atoms with Gasteiger partial charge in [-0.15, -0.1) is 11.8 Å². The van der Waals surface area contributed by atoms with E-state index in [-0.39, 0.29) is 22.8 Å². The minimum absolute atomic E-state index is 0.0777. The first-order valence-corrected chi connectivity index (χ1v) is 11.6. The monoisotopic (exact) mass is 417 g/mol. The SMILES string of the molecule is CCCCCOc1ccc([C@@H]2SCC(=O)Nc3c2c(=O)[nH]n3[C@@H](C)CCC)cc1. The maximum absolute atomic E-state index is 12.8. The van der Waals surface area contributed by atoms with Gasteiger partial charge < -0.3 is 10.1 Å². The number of carbonyl (C=O) groups is 1. The van der Waals surface area contributed by atoms with Crippen molar-refractivity contribution in [2.75, 3.05) is 17.7 Å². The van der Waals surface area contributed by atoms with Crippen LogP contribution in [-0.4, -0.2) is 28.0 Å². The van der Waals surface area contributed by atoms with E-state index in [0.717, 1.165) is 37.0 Å². The molecule has 3 rings (SSSR count). The molecule has 2 N–H and O–H groups in total. The van der Waals surface area contributed by atoms with Gasteiger partial charge in [-0.25, -0.2) is 0 Å². The van der Waals surface area contributed by atoms with Crippen LogP contribution in [0.4, 0.5) is 5.82 Å². The highest BCUT2D eigenvalue weighted by molar-refractivity contribution is 8.00. The summed E-state index contributed by atoms with van der Waals surface area (Å²) in [5, 5.41) is 5.70. The predicted molar refractivity (Wildman–Crippen MR) is 119 cm³/mol. The molecule has 0 saturated heterocycles. The standard InChI is InChI=1S/C22H31N3O3S/c1-4-6-7-13-28-17-11-9-16(10-12-17)20-19-21(23-18(26)14-29-20)25(24-22(19)27)15(3)8-5-2/h9-12,15,20H,4-8,13-14H2,1-3H3,(H,23,26)(H,24,27)/t15-,20-/m0/s1. The van der Waals surface area contributed by atoms with E-state index in [4.69, 9.17) is 4.74 Å². The van der Waals surface area contributed by atoms with Crippen molar-refractivity contribution in [2.24, 2.45) is 0 Å². The summed E-state index contributed by atoms with van der Waals surface area (Å²) in [4.78, 5) is 25.1. The lowest BCUT2D eigenvalue weighted by Crippen LogP contribution is -2.18. The number of nitrogens with one attached hydrogen (secondary N) is 2. The van der Waals surface area contributed by atoms with E-state index in [1.54, 1.807) is 0 Å². The fourth-order valence-electron chi connectivity index (χ4n) is 3.67. The van der Waals surface area contributed by atoms with E-state index in [9.17, 15) is 9.59 Å².